The zero-order valence-corrected chi connectivity index (χ0v) is 13.9. The largest absolute Gasteiger partial charge is 0.343 e. The summed E-state index contributed by atoms with van der Waals surface area (Å²) in [6.07, 6.45) is 3.33. The molecule has 1 heterocycles. The van der Waals surface area contributed by atoms with Gasteiger partial charge < -0.3 is 10.2 Å². The van der Waals surface area contributed by atoms with Crippen molar-refractivity contribution in [1.29, 1.82) is 0 Å². The summed E-state index contributed by atoms with van der Waals surface area (Å²) >= 11 is 0. The summed E-state index contributed by atoms with van der Waals surface area (Å²) in [5.41, 5.74) is 1.51. The van der Waals surface area contributed by atoms with Gasteiger partial charge in [-0.3, -0.25) is 14.6 Å². The van der Waals surface area contributed by atoms with Gasteiger partial charge in [-0.1, -0.05) is 31.2 Å². The molecule has 0 saturated heterocycles. The smallest absolute Gasteiger partial charge is 0.251 e. The lowest BCUT2D eigenvalue weighted by Crippen LogP contribution is -2.41. The number of benzene rings is 1. The maximum Gasteiger partial charge on any atom is 0.251 e. The molecule has 5 heteroatoms. The molecule has 0 aliphatic carbocycles. The molecule has 5 nitrogen and oxygen atoms in total. The molecule has 0 bridgehead atoms. The Morgan fingerprint density at radius 3 is 2.46 bits per heavy atom. The normalized spacial score (nSPS) is 10.2. The maximum atomic E-state index is 12.4. The molecule has 2 amide bonds. The van der Waals surface area contributed by atoms with Crippen LogP contribution in [0.25, 0.3) is 0 Å². The Morgan fingerprint density at radius 1 is 1.04 bits per heavy atom. The van der Waals surface area contributed by atoms with E-state index in [1.165, 1.54) is 0 Å². The van der Waals surface area contributed by atoms with Gasteiger partial charge >= 0.3 is 0 Å². The summed E-state index contributed by atoms with van der Waals surface area (Å²) in [4.78, 5) is 30.5. The monoisotopic (exact) mass is 325 g/mol. The molecule has 1 aromatic heterocycles. The topological polar surface area (TPSA) is 62.3 Å². The zero-order chi connectivity index (χ0) is 17.2. The minimum absolute atomic E-state index is 0.00987. The first-order chi connectivity index (χ1) is 11.7. The van der Waals surface area contributed by atoms with E-state index in [1.807, 2.05) is 31.2 Å². The van der Waals surface area contributed by atoms with Gasteiger partial charge in [-0.2, -0.15) is 0 Å². The summed E-state index contributed by atoms with van der Waals surface area (Å²) in [5.74, 6) is -0.304. The second-order valence-corrected chi connectivity index (χ2v) is 5.50. The lowest BCUT2D eigenvalue weighted by Gasteiger charge is -2.22. The molecule has 0 unspecified atom stereocenters. The van der Waals surface area contributed by atoms with Gasteiger partial charge in [-0.25, -0.2) is 0 Å². The molecule has 0 aliphatic heterocycles. The van der Waals surface area contributed by atoms with Crippen LogP contribution in [0.5, 0.6) is 0 Å². The number of aromatic nitrogens is 1. The van der Waals surface area contributed by atoms with Crippen LogP contribution in [0, 0.1) is 0 Å². The van der Waals surface area contributed by atoms with Gasteiger partial charge in [0.1, 0.15) is 0 Å². The standard InChI is InChI=1S/C19H23N3O2/c1-2-13-22(14-11-17-10-6-7-12-20-17)18(23)15-21-19(24)16-8-4-3-5-9-16/h3-10,12H,2,11,13-15H2,1H3,(H,21,24). The first-order valence-corrected chi connectivity index (χ1v) is 8.21. The summed E-state index contributed by atoms with van der Waals surface area (Å²) < 4.78 is 0. The van der Waals surface area contributed by atoms with E-state index < -0.39 is 0 Å². The van der Waals surface area contributed by atoms with Gasteiger partial charge in [0, 0.05) is 37.0 Å². The van der Waals surface area contributed by atoms with Crippen LogP contribution in [0.1, 0.15) is 29.4 Å². The van der Waals surface area contributed by atoms with Crippen LogP contribution in [0.2, 0.25) is 0 Å². The summed E-state index contributed by atoms with van der Waals surface area (Å²) in [7, 11) is 0. The Labute approximate surface area is 142 Å². The average Bonchev–Trinajstić information content (AvgIpc) is 2.64. The predicted molar refractivity (Wildman–Crippen MR) is 93.6 cm³/mol. The number of rotatable bonds is 8. The fourth-order valence-corrected chi connectivity index (χ4v) is 2.39. The van der Waals surface area contributed by atoms with Crippen molar-refractivity contribution in [3.63, 3.8) is 0 Å². The van der Waals surface area contributed by atoms with E-state index in [9.17, 15) is 9.59 Å². The summed E-state index contributed by atoms with van der Waals surface area (Å²) in [5, 5.41) is 2.69. The van der Waals surface area contributed by atoms with Gasteiger partial charge in [0.05, 0.1) is 6.54 Å². The maximum absolute atomic E-state index is 12.4. The molecule has 1 N–H and O–H groups in total. The number of hydrogen-bond acceptors (Lipinski definition) is 3. The minimum Gasteiger partial charge on any atom is -0.343 e. The zero-order valence-electron chi connectivity index (χ0n) is 13.9. The van der Waals surface area contributed by atoms with Gasteiger partial charge in [0.25, 0.3) is 5.91 Å². The van der Waals surface area contributed by atoms with Crippen molar-refractivity contribution in [1.82, 2.24) is 15.2 Å². The first-order valence-electron chi connectivity index (χ1n) is 8.21. The second-order valence-electron chi connectivity index (χ2n) is 5.50. The molecule has 0 fully saturated rings. The van der Waals surface area contributed by atoms with Crippen molar-refractivity contribution in [2.45, 2.75) is 19.8 Å². The van der Waals surface area contributed by atoms with Crippen LogP contribution in [0.15, 0.2) is 54.7 Å². The molecule has 24 heavy (non-hydrogen) atoms. The van der Waals surface area contributed by atoms with E-state index in [0.717, 1.165) is 12.1 Å². The SMILES string of the molecule is CCCN(CCc1ccccn1)C(=O)CNC(=O)c1ccccc1. The molecule has 0 saturated carbocycles. The van der Waals surface area contributed by atoms with Gasteiger partial charge in [-0.05, 0) is 30.7 Å². The van der Waals surface area contributed by atoms with Gasteiger partial charge in [-0.15, -0.1) is 0 Å². The Kier molecular flexibility index (Phi) is 6.95. The molecule has 126 valence electrons. The molecular formula is C19H23N3O2. The Hall–Kier alpha value is -2.69. The third-order valence-corrected chi connectivity index (χ3v) is 3.65. The third kappa shape index (κ3) is 5.50. The summed E-state index contributed by atoms with van der Waals surface area (Å²) in [6.45, 7) is 3.32. The predicted octanol–water partition coefficient (Wildman–Crippen LogP) is 2.29. The third-order valence-electron chi connectivity index (χ3n) is 3.65. The number of nitrogens with zero attached hydrogens (tertiary/aromatic N) is 2. The number of nitrogens with one attached hydrogen (secondary N) is 1. The van der Waals surface area contributed by atoms with E-state index in [-0.39, 0.29) is 18.4 Å². The molecule has 2 aromatic rings. The number of carbonyl (C=O) groups is 2. The highest BCUT2D eigenvalue weighted by molar-refractivity contribution is 5.96. The van der Waals surface area contributed by atoms with E-state index in [4.69, 9.17) is 0 Å². The molecule has 0 radical (unpaired) electrons. The van der Waals surface area contributed by atoms with Crippen molar-refractivity contribution in [3.8, 4) is 0 Å². The van der Waals surface area contributed by atoms with Crippen molar-refractivity contribution in [3.05, 3.63) is 66.0 Å². The van der Waals surface area contributed by atoms with E-state index in [0.29, 0.717) is 25.1 Å². The van der Waals surface area contributed by atoms with Crippen LogP contribution in [-0.2, 0) is 11.2 Å². The molecular weight excluding hydrogens is 302 g/mol. The first kappa shape index (κ1) is 17.7. The van der Waals surface area contributed by atoms with Crippen LogP contribution in [-0.4, -0.2) is 41.3 Å². The Morgan fingerprint density at radius 2 is 1.79 bits per heavy atom. The fraction of sp³-hybridized carbons (Fsp3) is 0.316. The lowest BCUT2D eigenvalue weighted by molar-refractivity contribution is -0.130. The molecule has 0 atom stereocenters. The number of pyridine rings is 1. The molecule has 0 spiro atoms. The van der Waals surface area contributed by atoms with E-state index in [1.54, 1.807) is 35.4 Å². The van der Waals surface area contributed by atoms with Crippen LogP contribution in [0.3, 0.4) is 0 Å². The molecule has 0 aliphatic rings. The quantitative estimate of drug-likeness (QED) is 0.810. The Bertz CT molecular complexity index is 644. The second kappa shape index (κ2) is 9.45. The number of hydrogen-bond donors (Lipinski definition) is 1. The van der Waals surface area contributed by atoms with Gasteiger partial charge in [0.2, 0.25) is 5.91 Å². The average molecular weight is 325 g/mol. The van der Waals surface area contributed by atoms with Crippen LogP contribution < -0.4 is 5.32 Å². The number of carbonyl (C=O) groups excluding carboxylic acids is 2. The van der Waals surface area contributed by atoms with Crippen molar-refractivity contribution >= 4 is 11.8 Å². The minimum atomic E-state index is -0.231. The number of amides is 2. The lowest BCUT2D eigenvalue weighted by atomic mass is 10.2. The highest BCUT2D eigenvalue weighted by Crippen LogP contribution is 2.01. The van der Waals surface area contributed by atoms with E-state index >= 15 is 0 Å². The highest BCUT2D eigenvalue weighted by atomic mass is 16.2. The highest BCUT2D eigenvalue weighted by Gasteiger charge is 2.14. The van der Waals surface area contributed by atoms with Crippen LogP contribution in [0.4, 0.5) is 0 Å². The van der Waals surface area contributed by atoms with Crippen molar-refractivity contribution < 1.29 is 9.59 Å². The summed E-state index contributed by atoms with van der Waals surface area (Å²) in [6, 6.07) is 14.7. The Balaban J connectivity index is 1.85. The van der Waals surface area contributed by atoms with Gasteiger partial charge in [0.15, 0.2) is 0 Å². The van der Waals surface area contributed by atoms with Crippen molar-refractivity contribution in [2.75, 3.05) is 19.6 Å². The molecule has 2 rings (SSSR count). The van der Waals surface area contributed by atoms with E-state index in [2.05, 4.69) is 10.3 Å². The van der Waals surface area contributed by atoms with Crippen LogP contribution >= 0.6 is 0 Å². The fourth-order valence-electron chi connectivity index (χ4n) is 2.39. The molecule has 1 aromatic carbocycles. The van der Waals surface area contributed by atoms with Crippen molar-refractivity contribution in [2.24, 2.45) is 0 Å².